The van der Waals surface area contributed by atoms with Gasteiger partial charge in [0.2, 0.25) is 10.0 Å². The van der Waals surface area contributed by atoms with Crippen LogP contribution < -0.4 is 20.1 Å². The normalized spacial score (nSPS) is 18.0. The molecule has 0 spiro atoms. The molecule has 3 N–H and O–H groups in total. The van der Waals surface area contributed by atoms with Crippen LogP contribution in [-0.2, 0) is 10.0 Å². The van der Waals surface area contributed by atoms with Crippen LogP contribution in [0.4, 0.5) is 0 Å². The summed E-state index contributed by atoms with van der Waals surface area (Å²) in [6.07, 6.45) is 0.791. The van der Waals surface area contributed by atoms with Gasteiger partial charge in [-0.1, -0.05) is 24.3 Å². The Labute approximate surface area is 199 Å². The number of hydrogen-bond acceptors (Lipinski definition) is 5. The molecule has 0 fully saturated rings. The van der Waals surface area contributed by atoms with Crippen LogP contribution in [0.3, 0.4) is 0 Å². The summed E-state index contributed by atoms with van der Waals surface area (Å²) in [5.41, 5.74) is 0.801. The molecule has 1 aromatic carbocycles. The Morgan fingerprint density at radius 3 is 2.73 bits per heavy atom. The van der Waals surface area contributed by atoms with E-state index < -0.39 is 10.0 Å². The first-order valence-electron chi connectivity index (χ1n) is 9.67. The number of halogens is 1. The van der Waals surface area contributed by atoms with Gasteiger partial charge in [0.15, 0.2) is 5.96 Å². The SMILES string of the molecule is CCNC(=NCCNS(=O)(=O)c1cccs1)NC1CC(C)(C)Oc2ccccc21.I. The highest BCUT2D eigenvalue weighted by Gasteiger charge is 2.33. The van der Waals surface area contributed by atoms with Crippen LogP contribution in [0.5, 0.6) is 5.75 Å². The van der Waals surface area contributed by atoms with Gasteiger partial charge in [-0.2, -0.15) is 0 Å². The van der Waals surface area contributed by atoms with E-state index in [1.54, 1.807) is 17.5 Å². The Hall–Kier alpha value is -1.37. The van der Waals surface area contributed by atoms with Crippen LogP contribution in [0, 0.1) is 0 Å². The lowest BCUT2D eigenvalue weighted by molar-refractivity contribution is 0.0694. The molecule has 0 amide bonds. The second-order valence-corrected chi connectivity index (χ2v) is 10.3. The zero-order valence-electron chi connectivity index (χ0n) is 17.3. The molecule has 30 heavy (non-hydrogen) atoms. The van der Waals surface area contributed by atoms with Gasteiger partial charge in [-0.25, -0.2) is 13.1 Å². The molecule has 1 atom stereocenters. The van der Waals surface area contributed by atoms with Crippen molar-refractivity contribution in [3.05, 3.63) is 47.3 Å². The summed E-state index contributed by atoms with van der Waals surface area (Å²) in [5, 5.41) is 8.46. The molecule has 10 heteroatoms. The third-order valence-corrected chi connectivity index (χ3v) is 7.32. The summed E-state index contributed by atoms with van der Waals surface area (Å²) in [5.74, 6) is 1.53. The number of para-hydroxylation sites is 1. The fourth-order valence-corrected chi connectivity index (χ4v) is 5.31. The topological polar surface area (TPSA) is 91.8 Å². The molecular weight excluding hydrogens is 535 g/mol. The highest BCUT2D eigenvalue weighted by Crippen LogP contribution is 2.39. The van der Waals surface area contributed by atoms with Crippen LogP contribution >= 0.6 is 35.3 Å². The Morgan fingerprint density at radius 2 is 2.03 bits per heavy atom. The van der Waals surface area contributed by atoms with Gasteiger partial charge < -0.3 is 15.4 Å². The molecule has 0 radical (unpaired) electrons. The number of guanidine groups is 1. The number of nitrogens with zero attached hydrogens (tertiary/aromatic N) is 1. The first-order valence-corrected chi connectivity index (χ1v) is 12.0. The average Bonchev–Trinajstić information content (AvgIpc) is 3.20. The predicted octanol–water partition coefficient (Wildman–Crippen LogP) is 3.50. The van der Waals surface area contributed by atoms with Crippen molar-refractivity contribution < 1.29 is 13.2 Å². The van der Waals surface area contributed by atoms with Crippen molar-refractivity contribution in [1.82, 2.24) is 15.4 Å². The maximum atomic E-state index is 12.2. The Kier molecular flexibility index (Phi) is 8.95. The van der Waals surface area contributed by atoms with Crippen molar-refractivity contribution in [2.45, 2.75) is 43.0 Å². The molecule has 0 bridgehead atoms. The van der Waals surface area contributed by atoms with Crippen LogP contribution in [0.1, 0.15) is 38.8 Å². The number of benzene rings is 1. The molecule has 7 nitrogen and oxygen atoms in total. The minimum atomic E-state index is -3.47. The van der Waals surface area contributed by atoms with Gasteiger partial charge in [0, 0.05) is 25.1 Å². The molecule has 0 aliphatic carbocycles. The van der Waals surface area contributed by atoms with Gasteiger partial charge in [-0.05, 0) is 38.3 Å². The molecular formula is C20H29IN4O3S2. The van der Waals surface area contributed by atoms with E-state index in [9.17, 15) is 8.42 Å². The smallest absolute Gasteiger partial charge is 0.250 e. The number of nitrogens with one attached hydrogen (secondary N) is 3. The van der Waals surface area contributed by atoms with Gasteiger partial charge in [0.25, 0.3) is 0 Å². The van der Waals surface area contributed by atoms with Crippen molar-refractivity contribution in [2.75, 3.05) is 19.6 Å². The van der Waals surface area contributed by atoms with Crippen LogP contribution in [0.25, 0.3) is 0 Å². The average molecular weight is 565 g/mol. The Morgan fingerprint density at radius 1 is 1.27 bits per heavy atom. The van der Waals surface area contributed by atoms with Crippen molar-refractivity contribution in [1.29, 1.82) is 0 Å². The van der Waals surface area contributed by atoms with Gasteiger partial charge >= 0.3 is 0 Å². The summed E-state index contributed by atoms with van der Waals surface area (Å²) in [6.45, 7) is 7.41. The van der Waals surface area contributed by atoms with Crippen LogP contribution in [-0.4, -0.2) is 39.6 Å². The largest absolute Gasteiger partial charge is 0.487 e. The lowest BCUT2D eigenvalue weighted by Crippen LogP contribution is -2.45. The zero-order chi connectivity index (χ0) is 20.9. The number of hydrogen-bond donors (Lipinski definition) is 3. The summed E-state index contributed by atoms with van der Waals surface area (Å²) in [7, 11) is -3.47. The highest BCUT2D eigenvalue weighted by molar-refractivity contribution is 14.0. The minimum Gasteiger partial charge on any atom is -0.487 e. The number of aliphatic imine (C=N–C) groups is 1. The lowest BCUT2D eigenvalue weighted by Gasteiger charge is -2.38. The monoisotopic (exact) mass is 564 g/mol. The van der Waals surface area contributed by atoms with Gasteiger partial charge in [-0.15, -0.1) is 35.3 Å². The first-order chi connectivity index (χ1) is 13.8. The third kappa shape index (κ3) is 6.56. The van der Waals surface area contributed by atoms with E-state index in [1.165, 1.54) is 11.3 Å². The molecule has 1 aromatic heterocycles. The molecule has 2 heterocycles. The number of ether oxygens (including phenoxy) is 1. The molecule has 0 saturated heterocycles. The molecule has 0 saturated carbocycles. The molecule has 1 aliphatic rings. The summed E-state index contributed by atoms with van der Waals surface area (Å²) in [6, 6.07) is 11.4. The van der Waals surface area contributed by atoms with Gasteiger partial charge in [0.1, 0.15) is 15.6 Å². The zero-order valence-corrected chi connectivity index (χ0v) is 21.3. The fraction of sp³-hybridized carbons (Fsp3) is 0.450. The predicted molar refractivity (Wildman–Crippen MR) is 133 cm³/mol. The van der Waals surface area contributed by atoms with Gasteiger partial charge in [0.05, 0.1) is 12.6 Å². The number of sulfonamides is 1. The van der Waals surface area contributed by atoms with E-state index in [-0.39, 0.29) is 42.2 Å². The number of rotatable bonds is 7. The van der Waals surface area contributed by atoms with E-state index in [1.807, 2.05) is 25.1 Å². The summed E-state index contributed by atoms with van der Waals surface area (Å²) in [4.78, 5) is 4.54. The minimum absolute atomic E-state index is 0. The standard InChI is InChI=1S/C20H28N4O3S2.HI/c1-4-21-19(22-11-12-23-29(25,26)18-10-7-13-28-18)24-16-14-20(2,3)27-17-9-6-5-8-15(16)17;/h5-10,13,16,23H,4,11-12,14H2,1-3H3,(H2,21,22,24);1H. The van der Waals surface area contributed by atoms with E-state index >= 15 is 0 Å². The second-order valence-electron chi connectivity index (χ2n) is 7.39. The van der Waals surface area contributed by atoms with E-state index in [4.69, 9.17) is 4.74 Å². The molecule has 2 aromatic rings. The van der Waals surface area contributed by atoms with Gasteiger partial charge in [-0.3, -0.25) is 4.99 Å². The Bertz CT molecular complexity index is 947. The third-order valence-electron chi connectivity index (χ3n) is 4.47. The fourth-order valence-electron chi connectivity index (χ4n) is 3.25. The Balaban J connectivity index is 0.00000320. The van der Waals surface area contributed by atoms with Crippen molar-refractivity contribution in [3.8, 4) is 5.75 Å². The molecule has 1 aliphatic heterocycles. The van der Waals surface area contributed by atoms with Crippen LogP contribution in [0.15, 0.2) is 51.0 Å². The van der Waals surface area contributed by atoms with Crippen molar-refractivity contribution in [3.63, 3.8) is 0 Å². The number of fused-ring (bicyclic) bond motifs is 1. The number of thiophene rings is 1. The molecule has 3 rings (SSSR count). The maximum absolute atomic E-state index is 12.2. The summed E-state index contributed by atoms with van der Waals surface area (Å²) < 4.78 is 33.4. The van der Waals surface area contributed by atoms with Crippen molar-refractivity contribution in [2.24, 2.45) is 4.99 Å². The maximum Gasteiger partial charge on any atom is 0.250 e. The molecule has 1 unspecified atom stereocenters. The second kappa shape index (κ2) is 10.8. The summed E-state index contributed by atoms with van der Waals surface area (Å²) >= 11 is 1.20. The van der Waals surface area contributed by atoms with Crippen molar-refractivity contribution >= 4 is 51.3 Å². The van der Waals surface area contributed by atoms with E-state index in [0.717, 1.165) is 17.7 Å². The van der Waals surface area contributed by atoms with E-state index in [2.05, 4.69) is 40.3 Å². The van der Waals surface area contributed by atoms with E-state index in [0.29, 0.717) is 23.3 Å². The molecule has 166 valence electrons. The quantitative estimate of drug-likeness (QED) is 0.207. The highest BCUT2D eigenvalue weighted by atomic mass is 127. The first kappa shape index (κ1) is 24.9. The lowest BCUT2D eigenvalue weighted by atomic mass is 9.90. The van der Waals surface area contributed by atoms with Crippen LogP contribution in [0.2, 0.25) is 0 Å².